The monoisotopic (exact) mass is 225 g/mol. The van der Waals surface area contributed by atoms with Crippen molar-refractivity contribution >= 4 is 17.3 Å². The van der Waals surface area contributed by atoms with E-state index in [4.69, 9.17) is 22.1 Å². The van der Waals surface area contributed by atoms with E-state index in [0.29, 0.717) is 6.61 Å². The molecule has 0 bridgehead atoms. The van der Waals surface area contributed by atoms with Gasteiger partial charge in [-0.15, -0.1) is 0 Å². The highest BCUT2D eigenvalue weighted by Crippen LogP contribution is 2.32. The Labute approximate surface area is 95.4 Å². The molecule has 1 aromatic carbocycles. The van der Waals surface area contributed by atoms with Crippen molar-refractivity contribution in [2.24, 2.45) is 5.92 Å². The maximum absolute atomic E-state index is 6.01. The van der Waals surface area contributed by atoms with Gasteiger partial charge in [-0.05, 0) is 36.1 Å². The smallest absolute Gasteiger partial charge is 0.0732 e. The van der Waals surface area contributed by atoms with Gasteiger partial charge in [-0.3, -0.25) is 0 Å². The van der Waals surface area contributed by atoms with Gasteiger partial charge in [0, 0.05) is 17.3 Å². The molecule has 0 unspecified atom stereocenters. The van der Waals surface area contributed by atoms with Crippen molar-refractivity contribution in [1.82, 2.24) is 0 Å². The minimum Gasteiger partial charge on any atom is -0.399 e. The summed E-state index contributed by atoms with van der Waals surface area (Å²) in [5.74, 6) is 0.918. The molecule has 0 saturated heterocycles. The Bertz CT molecular complexity index is 336. The average molecular weight is 226 g/mol. The predicted molar refractivity (Wildman–Crippen MR) is 62.9 cm³/mol. The van der Waals surface area contributed by atoms with Gasteiger partial charge in [0.1, 0.15) is 0 Å². The third-order valence-corrected chi connectivity index (χ3v) is 3.06. The molecule has 0 radical (unpaired) electrons. The van der Waals surface area contributed by atoms with Crippen molar-refractivity contribution in [3.8, 4) is 0 Å². The van der Waals surface area contributed by atoms with E-state index in [1.807, 2.05) is 12.1 Å². The lowest BCUT2D eigenvalue weighted by molar-refractivity contribution is 0.115. The highest BCUT2D eigenvalue weighted by molar-refractivity contribution is 6.31. The fourth-order valence-corrected chi connectivity index (χ4v) is 1.72. The molecule has 2 N–H and O–H groups in total. The van der Waals surface area contributed by atoms with Crippen LogP contribution < -0.4 is 5.73 Å². The van der Waals surface area contributed by atoms with Crippen molar-refractivity contribution in [3.05, 3.63) is 28.8 Å². The van der Waals surface area contributed by atoms with Crippen LogP contribution in [0.25, 0.3) is 0 Å². The Kier molecular flexibility index (Phi) is 3.49. The summed E-state index contributed by atoms with van der Waals surface area (Å²) in [6.07, 6.45) is 3.94. The fraction of sp³-hybridized carbons (Fsp3) is 0.500. The second-order valence-electron chi connectivity index (χ2n) is 4.14. The van der Waals surface area contributed by atoms with Crippen LogP contribution in [0.1, 0.15) is 24.8 Å². The summed E-state index contributed by atoms with van der Waals surface area (Å²) in [5, 5.41) is 0.732. The Morgan fingerprint density at radius 3 is 2.93 bits per heavy atom. The maximum atomic E-state index is 6.01. The molecule has 3 heteroatoms. The van der Waals surface area contributed by atoms with Crippen LogP contribution in [-0.4, -0.2) is 6.61 Å². The van der Waals surface area contributed by atoms with Crippen molar-refractivity contribution in [2.45, 2.75) is 25.9 Å². The van der Waals surface area contributed by atoms with Crippen molar-refractivity contribution in [2.75, 3.05) is 12.3 Å². The lowest BCUT2D eigenvalue weighted by Gasteiger charge is -2.06. The largest absolute Gasteiger partial charge is 0.399 e. The summed E-state index contributed by atoms with van der Waals surface area (Å²) >= 11 is 6.01. The second kappa shape index (κ2) is 4.86. The van der Waals surface area contributed by atoms with Gasteiger partial charge in [-0.25, -0.2) is 0 Å². The first kappa shape index (κ1) is 10.8. The summed E-state index contributed by atoms with van der Waals surface area (Å²) in [5.41, 5.74) is 7.39. The Hall–Kier alpha value is -0.730. The van der Waals surface area contributed by atoms with E-state index >= 15 is 0 Å². The molecule has 0 amide bonds. The molecule has 0 heterocycles. The molecule has 2 rings (SSSR count). The summed E-state index contributed by atoms with van der Waals surface area (Å²) in [6, 6.07) is 5.49. The Morgan fingerprint density at radius 1 is 1.40 bits per heavy atom. The minimum absolute atomic E-state index is 0.566. The Morgan fingerprint density at radius 2 is 2.20 bits per heavy atom. The van der Waals surface area contributed by atoms with E-state index in [1.54, 1.807) is 6.07 Å². The van der Waals surface area contributed by atoms with E-state index in [1.165, 1.54) is 19.3 Å². The molecule has 1 aliphatic carbocycles. The number of halogens is 1. The molecular formula is C12H16ClNO. The van der Waals surface area contributed by atoms with Gasteiger partial charge < -0.3 is 10.5 Å². The summed E-state index contributed by atoms with van der Waals surface area (Å²) in [6.45, 7) is 1.40. The molecule has 1 aromatic rings. The molecule has 0 spiro atoms. The van der Waals surface area contributed by atoms with Gasteiger partial charge in [0.2, 0.25) is 0 Å². The van der Waals surface area contributed by atoms with Crippen LogP contribution in [0, 0.1) is 5.92 Å². The Balaban J connectivity index is 1.78. The topological polar surface area (TPSA) is 35.2 Å². The van der Waals surface area contributed by atoms with Gasteiger partial charge >= 0.3 is 0 Å². The molecule has 1 saturated carbocycles. The highest BCUT2D eigenvalue weighted by atomic mass is 35.5. The first-order valence-corrected chi connectivity index (χ1v) is 5.75. The van der Waals surface area contributed by atoms with Gasteiger partial charge in [0.25, 0.3) is 0 Å². The van der Waals surface area contributed by atoms with Crippen LogP contribution in [0.4, 0.5) is 5.69 Å². The molecule has 0 aliphatic heterocycles. The standard InChI is InChI=1S/C12H16ClNO/c13-12-4-3-11(14)7-10(12)8-15-6-5-9-1-2-9/h3-4,7,9H,1-2,5-6,8,14H2. The number of hydrogen-bond acceptors (Lipinski definition) is 2. The third-order valence-electron chi connectivity index (χ3n) is 2.69. The number of nitrogen functional groups attached to an aromatic ring is 1. The van der Waals surface area contributed by atoms with E-state index in [2.05, 4.69) is 0 Å². The molecule has 0 aromatic heterocycles. The molecule has 2 nitrogen and oxygen atoms in total. The molecular weight excluding hydrogens is 210 g/mol. The molecule has 15 heavy (non-hydrogen) atoms. The van der Waals surface area contributed by atoms with E-state index in [9.17, 15) is 0 Å². The normalized spacial score (nSPS) is 15.5. The van der Waals surface area contributed by atoms with Gasteiger partial charge in [0.15, 0.2) is 0 Å². The highest BCUT2D eigenvalue weighted by Gasteiger charge is 2.20. The van der Waals surface area contributed by atoms with Gasteiger partial charge in [-0.1, -0.05) is 24.4 Å². The number of benzene rings is 1. The first-order chi connectivity index (χ1) is 7.25. The zero-order valence-electron chi connectivity index (χ0n) is 8.71. The van der Waals surface area contributed by atoms with Crippen LogP contribution in [0.2, 0.25) is 5.02 Å². The summed E-state index contributed by atoms with van der Waals surface area (Å²) < 4.78 is 5.57. The molecule has 1 aliphatic rings. The number of hydrogen-bond donors (Lipinski definition) is 1. The number of rotatable bonds is 5. The summed E-state index contributed by atoms with van der Waals surface area (Å²) in [4.78, 5) is 0. The van der Waals surface area contributed by atoms with Crippen LogP contribution in [-0.2, 0) is 11.3 Å². The maximum Gasteiger partial charge on any atom is 0.0732 e. The average Bonchev–Trinajstić information content (AvgIpc) is 3.01. The first-order valence-electron chi connectivity index (χ1n) is 5.37. The van der Waals surface area contributed by atoms with Crippen molar-refractivity contribution in [3.63, 3.8) is 0 Å². The van der Waals surface area contributed by atoms with Crippen LogP contribution in [0.3, 0.4) is 0 Å². The lowest BCUT2D eigenvalue weighted by atomic mass is 10.2. The van der Waals surface area contributed by atoms with Crippen molar-refractivity contribution in [1.29, 1.82) is 0 Å². The SMILES string of the molecule is Nc1ccc(Cl)c(COCCC2CC2)c1. The van der Waals surface area contributed by atoms with E-state index in [-0.39, 0.29) is 0 Å². The zero-order valence-corrected chi connectivity index (χ0v) is 9.46. The predicted octanol–water partition coefficient (Wildman–Crippen LogP) is 3.24. The van der Waals surface area contributed by atoms with Gasteiger partial charge in [-0.2, -0.15) is 0 Å². The number of nitrogens with two attached hydrogens (primary N) is 1. The molecule has 1 fully saturated rings. The third kappa shape index (κ3) is 3.40. The zero-order chi connectivity index (χ0) is 10.7. The molecule has 82 valence electrons. The van der Waals surface area contributed by atoms with Crippen LogP contribution >= 0.6 is 11.6 Å². The lowest BCUT2D eigenvalue weighted by Crippen LogP contribution is -1.98. The van der Waals surface area contributed by atoms with E-state index < -0.39 is 0 Å². The quantitative estimate of drug-likeness (QED) is 0.617. The fourth-order valence-electron chi connectivity index (χ4n) is 1.54. The second-order valence-corrected chi connectivity index (χ2v) is 4.54. The minimum atomic E-state index is 0.566. The van der Waals surface area contributed by atoms with Crippen molar-refractivity contribution < 1.29 is 4.74 Å². The molecule has 0 atom stereocenters. The van der Waals surface area contributed by atoms with E-state index in [0.717, 1.165) is 28.8 Å². The summed E-state index contributed by atoms with van der Waals surface area (Å²) in [7, 11) is 0. The van der Waals surface area contributed by atoms with Crippen LogP contribution in [0.15, 0.2) is 18.2 Å². The van der Waals surface area contributed by atoms with Crippen LogP contribution in [0.5, 0.6) is 0 Å². The number of anilines is 1. The number of ether oxygens (including phenoxy) is 1. The van der Waals surface area contributed by atoms with Gasteiger partial charge in [0.05, 0.1) is 6.61 Å².